The number of piperidine rings is 1. The highest BCUT2D eigenvalue weighted by atomic mass is 16.4. The van der Waals surface area contributed by atoms with E-state index in [0.717, 1.165) is 37.6 Å². The summed E-state index contributed by atoms with van der Waals surface area (Å²) < 4.78 is 2.07. The molecule has 0 bridgehead atoms. The molecule has 0 spiro atoms. The Morgan fingerprint density at radius 1 is 1.27 bits per heavy atom. The molecule has 3 rings (SSSR count). The predicted molar refractivity (Wildman–Crippen MR) is 82.6 cm³/mol. The molecule has 1 N–H and O–H groups in total. The summed E-state index contributed by atoms with van der Waals surface area (Å²) >= 11 is 0. The van der Waals surface area contributed by atoms with Crippen molar-refractivity contribution in [1.29, 1.82) is 0 Å². The molecular formula is C16H26N4O2. The summed E-state index contributed by atoms with van der Waals surface area (Å²) in [5.74, 6) is 1.62. The first-order chi connectivity index (χ1) is 10.5. The van der Waals surface area contributed by atoms with Gasteiger partial charge in [0.15, 0.2) is 0 Å². The van der Waals surface area contributed by atoms with E-state index < -0.39 is 5.97 Å². The van der Waals surface area contributed by atoms with Crippen molar-refractivity contribution in [3.8, 4) is 0 Å². The van der Waals surface area contributed by atoms with Crippen LogP contribution < -0.4 is 0 Å². The topological polar surface area (TPSA) is 71.2 Å². The largest absolute Gasteiger partial charge is 0.481 e. The van der Waals surface area contributed by atoms with Gasteiger partial charge in [0.05, 0.1) is 5.92 Å². The van der Waals surface area contributed by atoms with Crippen molar-refractivity contribution in [2.45, 2.75) is 58.5 Å². The van der Waals surface area contributed by atoms with Gasteiger partial charge in [0, 0.05) is 25.4 Å². The SMILES string of the molecule is CC(C)N1CCC(Cc2nnc3n2CC(C(=O)O)CC3)CC1. The minimum Gasteiger partial charge on any atom is -0.481 e. The molecule has 1 aromatic rings. The molecule has 3 heterocycles. The van der Waals surface area contributed by atoms with Gasteiger partial charge in [-0.3, -0.25) is 4.79 Å². The third-order valence-electron chi connectivity index (χ3n) is 5.22. The van der Waals surface area contributed by atoms with Crippen molar-refractivity contribution < 1.29 is 9.90 Å². The van der Waals surface area contributed by atoms with Crippen LogP contribution in [0.2, 0.25) is 0 Å². The first-order valence-electron chi connectivity index (χ1n) is 8.42. The molecule has 1 fully saturated rings. The number of fused-ring (bicyclic) bond motifs is 1. The molecule has 2 aliphatic rings. The van der Waals surface area contributed by atoms with Gasteiger partial charge < -0.3 is 14.6 Å². The summed E-state index contributed by atoms with van der Waals surface area (Å²) in [6, 6.07) is 0.623. The number of hydrogen-bond acceptors (Lipinski definition) is 4. The Kier molecular flexibility index (Phi) is 4.47. The Balaban J connectivity index is 1.63. The van der Waals surface area contributed by atoms with Crippen LogP contribution in [-0.2, 0) is 24.2 Å². The van der Waals surface area contributed by atoms with Gasteiger partial charge >= 0.3 is 5.97 Å². The van der Waals surface area contributed by atoms with Gasteiger partial charge in [-0.1, -0.05) is 0 Å². The van der Waals surface area contributed by atoms with Crippen LogP contribution in [0, 0.1) is 11.8 Å². The zero-order chi connectivity index (χ0) is 15.7. The molecule has 1 unspecified atom stereocenters. The van der Waals surface area contributed by atoms with E-state index in [0.29, 0.717) is 24.9 Å². The van der Waals surface area contributed by atoms with E-state index in [1.807, 2.05) is 0 Å². The number of carbonyl (C=O) groups is 1. The van der Waals surface area contributed by atoms with Crippen LogP contribution in [0.3, 0.4) is 0 Å². The van der Waals surface area contributed by atoms with Crippen LogP contribution in [0.5, 0.6) is 0 Å². The summed E-state index contributed by atoms with van der Waals surface area (Å²) in [5.41, 5.74) is 0. The number of aryl methyl sites for hydroxylation is 1. The Labute approximate surface area is 131 Å². The molecule has 1 aromatic heterocycles. The molecule has 6 nitrogen and oxygen atoms in total. The van der Waals surface area contributed by atoms with Gasteiger partial charge in [0.2, 0.25) is 0 Å². The fraction of sp³-hybridized carbons (Fsp3) is 0.812. The summed E-state index contributed by atoms with van der Waals surface area (Å²) in [6.45, 7) is 7.35. The highest BCUT2D eigenvalue weighted by Gasteiger charge is 2.29. The van der Waals surface area contributed by atoms with E-state index >= 15 is 0 Å². The molecule has 22 heavy (non-hydrogen) atoms. The van der Waals surface area contributed by atoms with Gasteiger partial charge in [-0.15, -0.1) is 10.2 Å². The lowest BCUT2D eigenvalue weighted by Crippen LogP contribution is -2.39. The van der Waals surface area contributed by atoms with Crippen LogP contribution in [0.4, 0.5) is 0 Å². The molecule has 2 aliphatic heterocycles. The molecule has 0 amide bonds. The lowest BCUT2D eigenvalue weighted by molar-refractivity contribution is -0.142. The van der Waals surface area contributed by atoms with Crippen molar-refractivity contribution in [1.82, 2.24) is 19.7 Å². The van der Waals surface area contributed by atoms with Crippen LogP contribution in [0.1, 0.15) is 44.8 Å². The molecule has 1 atom stereocenters. The maximum Gasteiger partial charge on any atom is 0.308 e. The molecule has 6 heteroatoms. The van der Waals surface area contributed by atoms with Crippen molar-refractivity contribution in [3.63, 3.8) is 0 Å². The smallest absolute Gasteiger partial charge is 0.308 e. The van der Waals surface area contributed by atoms with Crippen LogP contribution in [-0.4, -0.2) is 49.9 Å². The highest BCUT2D eigenvalue weighted by Crippen LogP contribution is 2.25. The zero-order valence-corrected chi connectivity index (χ0v) is 13.5. The second kappa shape index (κ2) is 6.36. The maximum atomic E-state index is 11.2. The fourth-order valence-corrected chi connectivity index (χ4v) is 3.67. The van der Waals surface area contributed by atoms with Crippen molar-refractivity contribution in [2.24, 2.45) is 11.8 Å². The number of nitrogens with zero attached hydrogens (tertiary/aromatic N) is 4. The van der Waals surface area contributed by atoms with Gasteiger partial charge in [0.25, 0.3) is 0 Å². The summed E-state index contributed by atoms with van der Waals surface area (Å²) in [4.78, 5) is 13.8. The Morgan fingerprint density at radius 3 is 2.64 bits per heavy atom. The standard InChI is InChI=1S/C16H26N4O2/c1-11(2)19-7-5-12(6-8-19)9-15-18-17-14-4-3-13(16(21)22)10-20(14)15/h11-13H,3-10H2,1-2H3,(H,21,22). The summed E-state index contributed by atoms with van der Waals surface area (Å²) in [7, 11) is 0. The van der Waals surface area contributed by atoms with Gasteiger partial charge in [-0.2, -0.15) is 0 Å². The minimum absolute atomic E-state index is 0.287. The van der Waals surface area contributed by atoms with Crippen molar-refractivity contribution in [3.05, 3.63) is 11.6 Å². The van der Waals surface area contributed by atoms with E-state index in [2.05, 4.69) is 33.5 Å². The molecule has 122 valence electrons. The average Bonchev–Trinajstić information content (AvgIpc) is 2.90. The molecule has 0 saturated carbocycles. The molecular weight excluding hydrogens is 280 g/mol. The molecule has 1 saturated heterocycles. The van der Waals surface area contributed by atoms with Crippen molar-refractivity contribution in [2.75, 3.05) is 13.1 Å². The molecule has 0 radical (unpaired) electrons. The molecule has 0 aliphatic carbocycles. The number of rotatable bonds is 4. The fourth-order valence-electron chi connectivity index (χ4n) is 3.67. The highest BCUT2D eigenvalue weighted by molar-refractivity contribution is 5.70. The van der Waals surface area contributed by atoms with E-state index in [-0.39, 0.29) is 5.92 Å². The first kappa shape index (κ1) is 15.5. The Bertz CT molecular complexity index is 532. The van der Waals surface area contributed by atoms with Crippen molar-refractivity contribution >= 4 is 5.97 Å². The van der Waals surface area contributed by atoms with Crippen LogP contribution in [0.25, 0.3) is 0 Å². The van der Waals surface area contributed by atoms with E-state index in [1.54, 1.807) is 0 Å². The third-order valence-corrected chi connectivity index (χ3v) is 5.22. The lowest BCUT2D eigenvalue weighted by Gasteiger charge is -2.34. The van der Waals surface area contributed by atoms with Gasteiger partial charge in [-0.25, -0.2) is 0 Å². The summed E-state index contributed by atoms with van der Waals surface area (Å²) in [5, 5.41) is 17.9. The van der Waals surface area contributed by atoms with E-state index in [4.69, 9.17) is 0 Å². The zero-order valence-electron chi connectivity index (χ0n) is 13.5. The van der Waals surface area contributed by atoms with Gasteiger partial charge in [-0.05, 0) is 52.1 Å². The maximum absolute atomic E-state index is 11.2. The quantitative estimate of drug-likeness (QED) is 0.914. The number of aliphatic carboxylic acids is 1. The van der Waals surface area contributed by atoms with Crippen LogP contribution in [0.15, 0.2) is 0 Å². The average molecular weight is 306 g/mol. The number of hydrogen-bond donors (Lipinski definition) is 1. The Morgan fingerprint density at radius 2 is 2.00 bits per heavy atom. The minimum atomic E-state index is -0.699. The Hall–Kier alpha value is -1.43. The lowest BCUT2D eigenvalue weighted by atomic mass is 9.92. The second-order valence-corrected chi connectivity index (χ2v) is 6.99. The number of likely N-dealkylation sites (tertiary alicyclic amines) is 1. The summed E-state index contributed by atoms with van der Waals surface area (Å²) in [6.07, 6.45) is 4.74. The first-order valence-corrected chi connectivity index (χ1v) is 8.42. The van der Waals surface area contributed by atoms with E-state index in [1.165, 1.54) is 12.8 Å². The van der Waals surface area contributed by atoms with E-state index in [9.17, 15) is 9.90 Å². The third kappa shape index (κ3) is 3.16. The number of carboxylic acids is 1. The normalized spacial score (nSPS) is 23.7. The predicted octanol–water partition coefficient (Wildman–Crippen LogP) is 1.59. The monoisotopic (exact) mass is 306 g/mol. The van der Waals surface area contributed by atoms with Crippen LogP contribution >= 0.6 is 0 Å². The number of carboxylic acid groups (broad SMARTS) is 1. The van der Waals surface area contributed by atoms with Gasteiger partial charge in [0.1, 0.15) is 11.6 Å². The molecule has 0 aromatic carbocycles. The number of aromatic nitrogens is 3. The second-order valence-electron chi connectivity index (χ2n) is 6.99.